The number of hydrogen-bond donors (Lipinski definition) is 1. The lowest BCUT2D eigenvalue weighted by Gasteiger charge is -2.05. The van der Waals surface area contributed by atoms with Crippen LogP contribution in [0.2, 0.25) is 0 Å². The van der Waals surface area contributed by atoms with Crippen LogP contribution in [-0.2, 0) is 14.8 Å². The lowest BCUT2D eigenvalue weighted by molar-refractivity contribution is -0.120. The molecule has 0 spiro atoms. The molecule has 2 atom stereocenters. The molecular weight excluding hydrogens is 322 g/mol. The fourth-order valence-electron chi connectivity index (χ4n) is 2.46. The van der Waals surface area contributed by atoms with Gasteiger partial charge >= 0.3 is 0 Å². The fraction of sp³-hybridized carbons (Fsp3) is 0.357. The molecule has 0 radical (unpaired) electrons. The predicted molar refractivity (Wildman–Crippen MR) is 82.0 cm³/mol. The summed E-state index contributed by atoms with van der Waals surface area (Å²) >= 11 is 1.07. The van der Waals surface area contributed by atoms with E-state index in [0.717, 1.165) is 16.9 Å². The van der Waals surface area contributed by atoms with E-state index in [-0.39, 0.29) is 16.0 Å². The summed E-state index contributed by atoms with van der Waals surface area (Å²) in [5, 5.41) is 0.657. The maximum absolute atomic E-state index is 12.3. The summed E-state index contributed by atoms with van der Waals surface area (Å²) in [6.07, 6.45) is 4.03. The van der Waals surface area contributed by atoms with Gasteiger partial charge in [-0.15, -0.1) is 11.3 Å². The van der Waals surface area contributed by atoms with Crippen molar-refractivity contribution in [2.24, 2.45) is 5.92 Å². The number of hydrogen-bond acceptors (Lipinski definition) is 6. The third-order valence-corrected chi connectivity index (χ3v) is 6.61. The number of nitrogens with one attached hydrogen (secondary N) is 1. The van der Waals surface area contributed by atoms with Crippen molar-refractivity contribution in [3.05, 3.63) is 40.8 Å². The second kappa shape index (κ2) is 5.44. The monoisotopic (exact) mass is 337 g/mol. The third-order valence-electron chi connectivity index (χ3n) is 3.58. The second-order valence-electron chi connectivity index (χ2n) is 5.31. The first-order valence-corrected chi connectivity index (χ1v) is 9.09. The highest BCUT2D eigenvalue weighted by Crippen LogP contribution is 2.47. The van der Waals surface area contributed by atoms with Crippen molar-refractivity contribution in [1.82, 2.24) is 14.7 Å². The molecular formula is C14H15N3O3S2. The van der Waals surface area contributed by atoms with Gasteiger partial charge in [0.2, 0.25) is 5.91 Å². The summed E-state index contributed by atoms with van der Waals surface area (Å²) in [5.41, 5.74) is 1.38. The summed E-state index contributed by atoms with van der Waals surface area (Å²) in [7, 11) is -3.84. The molecule has 1 aliphatic carbocycles. The zero-order valence-electron chi connectivity index (χ0n) is 12.1. The van der Waals surface area contributed by atoms with E-state index >= 15 is 0 Å². The largest absolute Gasteiger partial charge is 0.275 e. The molecule has 8 heteroatoms. The highest BCUT2D eigenvalue weighted by atomic mass is 32.2. The molecule has 1 saturated carbocycles. The highest BCUT2D eigenvalue weighted by molar-refractivity contribution is 7.92. The number of carbonyl (C=O) groups is 1. The maximum atomic E-state index is 12.3. The molecule has 1 aliphatic rings. The molecule has 0 aromatic carbocycles. The van der Waals surface area contributed by atoms with Crippen molar-refractivity contribution in [2.75, 3.05) is 0 Å². The van der Waals surface area contributed by atoms with E-state index in [2.05, 4.69) is 14.7 Å². The van der Waals surface area contributed by atoms with Crippen LogP contribution in [-0.4, -0.2) is 24.3 Å². The standard InChI is InChI=1S/C14H15N3O3S2/c1-8-14(21-9(2)16-8)22(19,20)17-13(18)12-6-11(12)10-4-3-5-15-7-10/h3-5,7,11-12H,6H2,1-2H3,(H,17,18)/t11-,12+/m0/s1. The molecule has 2 aromatic rings. The van der Waals surface area contributed by atoms with Gasteiger partial charge in [0.05, 0.1) is 10.7 Å². The first-order valence-electron chi connectivity index (χ1n) is 6.79. The number of pyridine rings is 1. The number of amides is 1. The second-order valence-corrected chi connectivity index (χ2v) is 8.39. The van der Waals surface area contributed by atoms with Crippen LogP contribution in [0.5, 0.6) is 0 Å². The minimum atomic E-state index is -3.84. The number of aromatic nitrogens is 2. The molecule has 3 rings (SSSR count). The summed E-state index contributed by atoms with van der Waals surface area (Å²) < 4.78 is 26.8. The molecule has 1 N–H and O–H groups in total. The Morgan fingerprint density at radius 1 is 1.41 bits per heavy atom. The van der Waals surface area contributed by atoms with Crippen molar-refractivity contribution >= 4 is 27.3 Å². The Morgan fingerprint density at radius 2 is 2.18 bits per heavy atom. The number of rotatable bonds is 4. The summed E-state index contributed by atoms with van der Waals surface area (Å²) in [6, 6.07) is 3.71. The highest BCUT2D eigenvalue weighted by Gasteiger charge is 2.45. The third kappa shape index (κ3) is 2.89. The molecule has 0 saturated heterocycles. The predicted octanol–water partition coefficient (Wildman–Crippen LogP) is 1.76. The van der Waals surface area contributed by atoms with Crippen LogP contribution in [0.25, 0.3) is 0 Å². The number of sulfonamides is 1. The van der Waals surface area contributed by atoms with Crippen molar-refractivity contribution in [2.45, 2.75) is 30.4 Å². The van der Waals surface area contributed by atoms with E-state index in [1.807, 2.05) is 12.1 Å². The summed E-state index contributed by atoms with van der Waals surface area (Å²) in [5.74, 6) is -0.721. The van der Waals surface area contributed by atoms with Gasteiger partial charge in [-0.2, -0.15) is 0 Å². The Kier molecular flexibility index (Phi) is 3.73. The van der Waals surface area contributed by atoms with Gasteiger partial charge in [-0.3, -0.25) is 9.78 Å². The molecule has 2 aromatic heterocycles. The molecule has 22 heavy (non-hydrogen) atoms. The Morgan fingerprint density at radius 3 is 2.77 bits per heavy atom. The van der Waals surface area contributed by atoms with E-state index in [0.29, 0.717) is 17.1 Å². The van der Waals surface area contributed by atoms with Crippen LogP contribution in [0.1, 0.15) is 28.6 Å². The molecule has 1 fully saturated rings. The number of thiazole rings is 1. The fourth-order valence-corrected chi connectivity index (χ4v) is 4.98. The number of carbonyl (C=O) groups excluding carboxylic acids is 1. The van der Waals surface area contributed by atoms with Crippen molar-refractivity contribution in [3.63, 3.8) is 0 Å². The van der Waals surface area contributed by atoms with Gasteiger partial charge in [0.1, 0.15) is 0 Å². The van der Waals surface area contributed by atoms with Crippen LogP contribution in [0.3, 0.4) is 0 Å². The minimum absolute atomic E-state index is 0.0493. The summed E-state index contributed by atoms with van der Waals surface area (Å²) in [6.45, 7) is 3.36. The van der Waals surface area contributed by atoms with Gasteiger partial charge in [-0.05, 0) is 37.8 Å². The maximum Gasteiger partial charge on any atom is 0.275 e. The van der Waals surface area contributed by atoms with Gasteiger partial charge in [0, 0.05) is 18.3 Å². The van der Waals surface area contributed by atoms with Gasteiger partial charge in [-0.1, -0.05) is 6.07 Å². The normalized spacial score (nSPS) is 20.6. The number of nitrogens with zero attached hydrogens (tertiary/aromatic N) is 2. The summed E-state index contributed by atoms with van der Waals surface area (Å²) in [4.78, 5) is 20.3. The number of aryl methyl sites for hydroxylation is 2. The van der Waals surface area contributed by atoms with E-state index < -0.39 is 15.9 Å². The van der Waals surface area contributed by atoms with Crippen LogP contribution in [0.4, 0.5) is 0 Å². The van der Waals surface area contributed by atoms with Gasteiger partial charge in [0.25, 0.3) is 10.0 Å². The van der Waals surface area contributed by atoms with E-state index in [9.17, 15) is 13.2 Å². The molecule has 0 bridgehead atoms. The molecule has 2 heterocycles. The van der Waals surface area contributed by atoms with Gasteiger partial charge < -0.3 is 0 Å². The molecule has 116 valence electrons. The Balaban J connectivity index is 1.72. The first kappa shape index (κ1) is 15.1. The van der Waals surface area contributed by atoms with Crippen molar-refractivity contribution in [3.8, 4) is 0 Å². The Hall–Kier alpha value is -1.80. The molecule has 0 unspecified atom stereocenters. The van der Waals surface area contributed by atoms with Crippen LogP contribution in [0, 0.1) is 19.8 Å². The molecule has 6 nitrogen and oxygen atoms in total. The lowest BCUT2D eigenvalue weighted by atomic mass is 10.1. The van der Waals surface area contributed by atoms with E-state index in [1.165, 1.54) is 0 Å². The zero-order chi connectivity index (χ0) is 15.9. The van der Waals surface area contributed by atoms with Gasteiger partial charge in [-0.25, -0.2) is 18.1 Å². The van der Waals surface area contributed by atoms with Crippen molar-refractivity contribution in [1.29, 1.82) is 0 Å². The SMILES string of the molecule is Cc1nc(C)c(S(=O)(=O)NC(=O)[C@@H]2C[C@H]2c2cccnc2)s1. The quantitative estimate of drug-likeness (QED) is 0.918. The first-order chi connectivity index (χ1) is 10.4. The lowest BCUT2D eigenvalue weighted by Crippen LogP contribution is -2.32. The van der Waals surface area contributed by atoms with Gasteiger partial charge in [0.15, 0.2) is 4.21 Å². The zero-order valence-corrected chi connectivity index (χ0v) is 13.7. The van der Waals surface area contributed by atoms with Crippen LogP contribution in [0.15, 0.2) is 28.7 Å². The average Bonchev–Trinajstić information content (AvgIpc) is 3.18. The average molecular weight is 337 g/mol. The van der Waals surface area contributed by atoms with E-state index in [1.54, 1.807) is 26.2 Å². The molecule has 1 amide bonds. The topological polar surface area (TPSA) is 89.0 Å². The van der Waals surface area contributed by atoms with Crippen LogP contribution < -0.4 is 4.72 Å². The Bertz CT molecular complexity index is 815. The van der Waals surface area contributed by atoms with E-state index in [4.69, 9.17) is 0 Å². The molecule has 0 aliphatic heterocycles. The minimum Gasteiger partial charge on any atom is -0.274 e. The van der Waals surface area contributed by atoms with Crippen LogP contribution >= 0.6 is 11.3 Å². The Labute approximate surface area is 132 Å². The van der Waals surface area contributed by atoms with Crippen molar-refractivity contribution < 1.29 is 13.2 Å². The smallest absolute Gasteiger partial charge is 0.274 e.